The molecule has 8 nitrogen and oxygen atoms in total. The largest absolute Gasteiger partial charge is 0.382 e. The van der Waals surface area contributed by atoms with E-state index in [0.29, 0.717) is 28.6 Å². The lowest BCUT2D eigenvalue weighted by atomic mass is 10.1. The van der Waals surface area contributed by atoms with E-state index in [-0.39, 0.29) is 10.2 Å². The van der Waals surface area contributed by atoms with Crippen molar-refractivity contribution in [3.05, 3.63) is 59.8 Å². The normalized spacial score (nSPS) is 14.2. The Morgan fingerprint density at radius 3 is 2.65 bits per heavy atom. The Hall–Kier alpha value is -3.78. The van der Waals surface area contributed by atoms with Crippen molar-refractivity contribution in [2.45, 2.75) is 6.92 Å². The van der Waals surface area contributed by atoms with Gasteiger partial charge >= 0.3 is 0 Å². The fourth-order valence-corrected chi connectivity index (χ4v) is 3.78. The van der Waals surface area contributed by atoms with Gasteiger partial charge in [0.15, 0.2) is 11.6 Å². The molecule has 8 heteroatoms. The molecule has 3 heterocycles. The van der Waals surface area contributed by atoms with Crippen molar-refractivity contribution in [3.63, 3.8) is 0 Å². The molecule has 0 unspecified atom stereocenters. The first-order valence-electron chi connectivity index (χ1n) is 10.3. The molecule has 1 amide bonds. The van der Waals surface area contributed by atoms with Gasteiger partial charge in [-0.25, -0.2) is 15.0 Å². The lowest BCUT2D eigenvalue weighted by molar-refractivity contribution is 0.0736. The molecule has 4 N–H and O–H groups in total. The molecule has 1 fully saturated rings. The number of H-pyrrole nitrogens is 1. The number of hydrogen-bond acceptors (Lipinski definition) is 6. The Kier molecular flexibility index (Phi) is 4.83. The monoisotopic (exact) mass is 419 g/mol. The summed E-state index contributed by atoms with van der Waals surface area (Å²) in [5.74, 6) is 0.942. The Labute approximate surface area is 184 Å². The molecule has 0 atom stereocenters. The van der Waals surface area contributed by atoms with Crippen LogP contribution in [0.15, 0.2) is 48.7 Å². The van der Waals surface area contributed by atoms with Crippen LogP contribution in [0.3, 0.4) is 0 Å². The molecule has 4 aromatic rings. The average molecular weight is 420 g/mol. The van der Waals surface area contributed by atoms with E-state index < -0.39 is 0 Å². The molecular weight excluding hydrogens is 390 g/mol. The predicted molar refractivity (Wildman–Crippen MR) is 127 cm³/mol. The molecule has 162 valence electrons. The van der Waals surface area contributed by atoms with E-state index >= 15 is 0 Å². The third-order valence-corrected chi connectivity index (χ3v) is 5.49. The van der Waals surface area contributed by atoms with Crippen LogP contribution in [-0.4, -0.2) is 56.9 Å². The highest BCUT2D eigenvalue weighted by molar-refractivity contribution is 5.94. The third-order valence-electron chi connectivity index (χ3n) is 5.49. The van der Waals surface area contributed by atoms with Crippen LogP contribution in [-0.2, 0) is 0 Å². The number of fused-ring (bicyclic) bond motifs is 1. The molecule has 0 spiro atoms. The van der Waals surface area contributed by atoms with Crippen molar-refractivity contribution < 1.29 is 9.07 Å². The summed E-state index contributed by atoms with van der Waals surface area (Å²) < 4.78 is 0. The van der Waals surface area contributed by atoms with Crippen LogP contribution in [0.5, 0.6) is 0 Å². The van der Waals surface area contributed by atoms with Crippen molar-refractivity contribution in [1.82, 2.24) is 30.2 Å². The van der Waals surface area contributed by atoms with E-state index in [4.69, 9.17) is 10.7 Å². The molecule has 0 bridgehead atoms. The molecular formula is C23H29N7O. The van der Waals surface area contributed by atoms with E-state index in [9.17, 15) is 4.79 Å². The predicted octanol–water partition coefficient (Wildman–Crippen LogP) is 3.36. The highest BCUT2D eigenvalue weighted by Gasteiger charge is 2.18. The number of nitrogens with two attached hydrogens (primary N) is 1. The Morgan fingerprint density at radius 1 is 1.10 bits per heavy atom. The first-order valence-corrected chi connectivity index (χ1v) is 10.3. The van der Waals surface area contributed by atoms with Crippen LogP contribution in [0.1, 0.15) is 20.2 Å². The number of amides is 1. The number of piperazine rings is 1. The molecule has 1 saturated heterocycles. The second-order valence-electron chi connectivity index (χ2n) is 7.71. The van der Waals surface area contributed by atoms with Gasteiger partial charge in [0.2, 0.25) is 0 Å². The molecule has 31 heavy (non-hydrogen) atoms. The lowest BCUT2D eigenvalue weighted by Crippen LogP contribution is -2.46. The van der Waals surface area contributed by atoms with E-state index in [1.165, 1.54) is 0 Å². The van der Waals surface area contributed by atoms with Crippen LogP contribution in [0.25, 0.3) is 33.8 Å². The zero-order chi connectivity index (χ0) is 21.4. The summed E-state index contributed by atoms with van der Waals surface area (Å²) in [6.45, 7) is 5.14. The number of carbonyl (C=O) groups is 1. The number of nitrogens with one attached hydrogen (secondary N) is 2. The lowest BCUT2D eigenvalue weighted by Gasteiger charge is -2.27. The van der Waals surface area contributed by atoms with Gasteiger partial charge in [-0.2, -0.15) is 0 Å². The Bertz CT molecular complexity index is 1270. The van der Waals surface area contributed by atoms with E-state index in [2.05, 4.69) is 20.3 Å². The minimum Gasteiger partial charge on any atom is -0.382 e. The van der Waals surface area contributed by atoms with E-state index in [1.54, 1.807) is 6.20 Å². The first-order chi connectivity index (χ1) is 15.1. The van der Waals surface area contributed by atoms with Gasteiger partial charge < -0.3 is 20.9 Å². The summed E-state index contributed by atoms with van der Waals surface area (Å²) in [5.41, 5.74) is 11.7. The minimum absolute atomic E-state index is 0. The summed E-state index contributed by atoms with van der Waals surface area (Å²) in [6.07, 6.45) is 1.64. The smallest absolute Gasteiger partial charge is 0.253 e. The number of aromatic amines is 1. The number of aromatic nitrogens is 4. The zero-order valence-electron chi connectivity index (χ0n) is 17.2. The number of aryl methyl sites for hydroxylation is 1. The summed E-state index contributed by atoms with van der Waals surface area (Å²) in [6, 6.07) is 13.5. The molecule has 2 aromatic heterocycles. The van der Waals surface area contributed by atoms with Gasteiger partial charge in [0.1, 0.15) is 5.69 Å². The van der Waals surface area contributed by atoms with Crippen molar-refractivity contribution in [1.29, 1.82) is 0 Å². The summed E-state index contributed by atoms with van der Waals surface area (Å²) in [5, 5.41) is 3.26. The molecule has 2 aromatic carbocycles. The summed E-state index contributed by atoms with van der Waals surface area (Å²) in [7, 11) is 0. The van der Waals surface area contributed by atoms with Crippen molar-refractivity contribution in [2.24, 2.45) is 0 Å². The van der Waals surface area contributed by atoms with Gasteiger partial charge in [-0.05, 0) is 36.8 Å². The zero-order valence-corrected chi connectivity index (χ0v) is 17.2. The van der Waals surface area contributed by atoms with Crippen molar-refractivity contribution >= 4 is 22.8 Å². The summed E-state index contributed by atoms with van der Waals surface area (Å²) >= 11 is 0. The molecule has 0 radical (unpaired) electrons. The Morgan fingerprint density at radius 2 is 1.87 bits per heavy atom. The van der Waals surface area contributed by atoms with Gasteiger partial charge in [-0.1, -0.05) is 18.2 Å². The molecule has 1 aliphatic heterocycles. The first kappa shape index (κ1) is 19.2. The second-order valence-corrected chi connectivity index (χ2v) is 7.71. The van der Waals surface area contributed by atoms with Crippen LogP contribution in [0.2, 0.25) is 0 Å². The number of hydrogen-bond donors (Lipinski definition) is 3. The number of benzene rings is 2. The number of rotatable bonds is 3. The quantitative estimate of drug-likeness (QED) is 0.469. The van der Waals surface area contributed by atoms with Crippen LogP contribution < -0.4 is 11.1 Å². The van der Waals surface area contributed by atoms with E-state index in [0.717, 1.165) is 48.3 Å². The SMILES string of the molecule is Cc1ccc2nc(-c3nc(-c4ccc(C(=O)N5CCNCC5)cc4)cnc3N)[nH]c2c1.[HH].[HH].[HH]. The number of nitrogens with zero attached hydrogens (tertiary/aromatic N) is 4. The fraction of sp³-hybridized carbons (Fsp3) is 0.217. The third kappa shape index (κ3) is 3.73. The average Bonchev–Trinajstić information content (AvgIpc) is 3.22. The maximum Gasteiger partial charge on any atom is 0.253 e. The number of imidazole rings is 1. The second kappa shape index (κ2) is 7.81. The molecule has 1 aliphatic rings. The summed E-state index contributed by atoms with van der Waals surface area (Å²) in [4.78, 5) is 31.5. The Balaban J connectivity index is 0.00000136. The highest BCUT2D eigenvalue weighted by Crippen LogP contribution is 2.26. The standard InChI is InChI=1S/C23H23N7O.3H2/c1-14-2-7-17-18(12-14)29-22(28-17)20-21(24)26-13-19(27-20)15-3-5-16(6-4-15)23(31)30-10-8-25-9-11-30;;;/h2-7,12-13,25H,8-11H2,1H3,(H2,24,26)(H,28,29);3*1H. The van der Waals surface area contributed by atoms with Gasteiger partial charge in [0, 0.05) is 41.6 Å². The fourth-order valence-electron chi connectivity index (χ4n) is 3.78. The minimum atomic E-state index is 0. The van der Waals surface area contributed by atoms with Crippen LogP contribution >= 0.6 is 0 Å². The van der Waals surface area contributed by atoms with Gasteiger partial charge in [-0.3, -0.25) is 4.79 Å². The number of carbonyl (C=O) groups excluding carboxylic acids is 1. The van der Waals surface area contributed by atoms with E-state index in [1.807, 2.05) is 54.3 Å². The van der Waals surface area contributed by atoms with Crippen LogP contribution in [0, 0.1) is 6.92 Å². The van der Waals surface area contributed by atoms with Crippen LogP contribution in [0.4, 0.5) is 5.82 Å². The van der Waals surface area contributed by atoms with Gasteiger partial charge in [0.25, 0.3) is 5.91 Å². The van der Waals surface area contributed by atoms with Crippen molar-refractivity contribution in [3.8, 4) is 22.8 Å². The molecule has 0 saturated carbocycles. The maximum atomic E-state index is 12.7. The maximum absolute atomic E-state index is 12.7. The number of anilines is 1. The molecule has 5 rings (SSSR count). The topological polar surface area (TPSA) is 113 Å². The molecule has 0 aliphatic carbocycles. The van der Waals surface area contributed by atoms with Gasteiger partial charge in [-0.15, -0.1) is 0 Å². The highest BCUT2D eigenvalue weighted by atomic mass is 16.2. The van der Waals surface area contributed by atoms with Gasteiger partial charge in [0.05, 0.1) is 22.9 Å². The number of nitrogen functional groups attached to an aromatic ring is 1. The van der Waals surface area contributed by atoms with Crippen molar-refractivity contribution in [2.75, 3.05) is 31.9 Å².